The number of anilines is 1. The van der Waals surface area contributed by atoms with E-state index in [4.69, 9.17) is 10.5 Å². The topological polar surface area (TPSA) is 96.9 Å². The summed E-state index contributed by atoms with van der Waals surface area (Å²) < 4.78 is 19.9. The fraction of sp³-hybridized carbons (Fsp3) is 0.450. The lowest BCUT2D eigenvalue weighted by Gasteiger charge is -2.23. The zero-order valence-corrected chi connectivity index (χ0v) is 16.1. The quantitative estimate of drug-likeness (QED) is 0.831. The molecule has 0 aliphatic carbocycles. The van der Waals surface area contributed by atoms with Gasteiger partial charge >= 0.3 is 0 Å². The van der Waals surface area contributed by atoms with Crippen molar-refractivity contribution in [1.29, 1.82) is 0 Å². The molecule has 1 aromatic carbocycles. The molecule has 2 aromatic rings. The van der Waals surface area contributed by atoms with Gasteiger partial charge in [-0.15, -0.1) is 0 Å². The van der Waals surface area contributed by atoms with Crippen molar-refractivity contribution in [3.05, 3.63) is 47.2 Å². The lowest BCUT2D eigenvalue weighted by molar-refractivity contribution is 0.175. The molecule has 3 atom stereocenters. The van der Waals surface area contributed by atoms with Gasteiger partial charge in [0.15, 0.2) is 11.6 Å². The molecule has 28 heavy (non-hydrogen) atoms. The van der Waals surface area contributed by atoms with Crippen molar-refractivity contribution in [3.63, 3.8) is 0 Å². The molecule has 1 aromatic heterocycles. The smallest absolute Gasteiger partial charge is 0.165 e. The Hall–Kier alpha value is -2.58. The van der Waals surface area contributed by atoms with Crippen molar-refractivity contribution in [2.45, 2.75) is 51.6 Å². The highest BCUT2D eigenvalue weighted by Gasteiger charge is 2.36. The highest BCUT2D eigenvalue weighted by Crippen LogP contribution is 2.31. The van der Waals surface area contributed by atoms with Gasteiger partial charge in [-0.2, -0.15) is 0 Å². The van der Waals surface area contributed by atoms with Crippen LogP contribution in [-0.2, 0) is 6.54 Å². The second-order valence-corrected chi connectivity index (χ2v) is 7.57. The number of nitrogens with zero attached hydrogens (tertiary/aromatic N) is 4. The predicted molar refractivity (Wildman–Crippen MR) is 104 cm³/mol. The van der Waals surface area contributed by atoms with Gasteiger partial charge in [0, 0.05) is 24.2 Å². The Balaban J connectivity index is 1.67. The Morgan fingerprint density at radius 3 is 2.75 bits per heavy atom. The van der Waals surface area contributed by atoms with E-state index in [1.165, 1.54) is 12.4 Å². The number of nitrogens with two attached hydrogens (primary N) is 1. The van der Waals surface area contributed by atoms with E-state index in [2.05, 4.69) is 15.0 Å². The first kappa shape index (κ1) is 18.8. The molecule has 0 bridgehead atoms. The minimum Gasteiger partial charge on any atom is -0.488 e. The van der Waals surface area contributed by atoms with Crippen LogP contribution in [0.4, 0.5) is 10.2 Å². The van der Waals surface area contributed by atoms with E-state index in [-0.39, 0.29) is 29.8 Å². The Morgan fingerprint density at radius 1 is 1.29 bits per heavy atom. The molecule has 2 aliphatic heterocycles. The van der Waals surface area contributed by atoms with Crippen molar-refractivity contribution >= 4 is 11.5 Å². The highest BCUT2D eigenvalue weighted by atomic mass is 19.1. The SMILES string of the molecule is CC(C)Oc1cc2c(cc1F)CN=C2c1cc(N2C[C@H](O)[C@@H](N)[C@@H]2C)ncn1. The maximum Gasteiger partial charge on any atom is 0.165 e. The van der Waals surface area contributed by atoms with Crippen molar-refractivity contribution in [3.8, 4) is 5.75 Å². The minimum atomic E-state index is -0.600. The molecule has 0 radical (unpaired) electrons. The number of β-amino-alcohol motifs (C(OH)–C–C–N with tert-alkyl or cyclic N) is 1. The predicted octanol–water partition coefficient (Wildman–Crippen LogP) is 1.65. The summed E-state index contributed by atoms with van der Waals surface area (Å²) in [6.07, 6.45) is 0.743. The first-order valence-corrected chi connectivity index (χ1v) is 9.41. The summed E-state index contributed by atoms with van der Waals surface area (Å²) in [6, 6.07) is 4.62. The lowest BCUT2D eigenvalue weighted by atomic mass is 10.0. The molecule has 8 heteroatoms. The molecule has 0 saturated carbocycles. The second-order valence-electron chi connectivity index (χ2n) is 7.57. The van der Waals surface area contributed by atoms with Crippen LogP contribution >= 0.6 is 0 Å². The Kier molecular flexibility index (Phi) is 4.76. The van der Waals surface area contributed by atoms with Gasteiger partial charge in [0.05, 0.1) is 36.2 Å². The number of ether oxygens (including phenoxy) is 1. The Morgan fingerprint density at radius 2 is 2.07 bits per heavy atom. The maximum atomic E-state index is 14.3. The summed E-state index contributed by atoms with van der Waals surface area (Å²) in [5.74, 6) is 0.502. The zero-order valence-electron chi connectivity index (χ0n) is 16.1. The van der Waals surface area contributed by atoms with Crippen LogP contribution in [0.25, 0.3) is 0 Å². The molecule has 7 nitrogen and oxygen atoms in total. The molecule has 4 rings (SSSR count). The van der Waals surface area contributed by atoms with Gasteiger partial charge in [0.25, 0.3) is 0 Å². The number of fused-ring (bicyclic) bond motifs is 1. The summed E-state index contributed by atoms with van der Waals surface area (Å²) in [5, 5.41) is 10.1. The number of benzene rings is 1. The van der Waals surface area contributed by atoms with E-state index in [9.17, 15) is 9.50 Å². The third-order valence-electron chi connectivity index (χ3n) is 5.25. The van der Waals surface area contributed by atoms with E-state index < -0.39 is 6.10 Å². The molecule has 3 N–H and O–H groups in total. The molecule has 0 unspecified atom stereocenters. The molecule has 0 spiro atoms. The number of halogens is 1. The van der Waals surface area contributed by atoms with Crippen LogP contribution in [0.15, 0.2) is 29.5 Å². The van der Waals surface area contributed by atoms with E-state index >= 15 is 0 Å². The number of aliphatic hydroxyl groups is 1. The highest BCUT2D eigenvalue weighted by molar-refractivity contribution is 6.14. The standard InChI is InChI=1S/C20H24FN5O2/c1-10(2)28-17-5-13-12(4-14(17)21)7-23-20(13)15-6-18(25-9-24-15)26-8-16(27)19(22)11(26)3/h4-6,9-11,16,19,27H,7-8,22H2,1-3H3/t11-,16-,19-/m0/s1. The van der Waals surface area contributed by atoms with Crippen LogP contribution < -0.4 is 15.4 Å². The fourth-order valence-electron chi connectivity index (χ4n) is 3.71. The van der Waals surface area contributed by atoms with Crippen LogP contribution in [0.3, 0.4) is 0 Å². The van der Waals surface area contributed by atoms with Crippen molar-refractivity contribution in [2.75, 3.05) is 11.4 Å². The molecular formula is C20H24FN5O2. The van der Waals surface area contributed by atoms with Crippen LogP contribution in [0.2, 0.25) is 0 Å². The number of rotatable bonds is 4. The molecular weight excluding hydrogens is 361 g/mol. The molecule has 148 valence electrons. The first-order chi connectivity index (χ1) is 13.3. The third kappa shape index (κ3) is 3.22. The maximum absolute atomic E-state index is 14.3. The summed E-state index contributed by atoms with van der Waals surface area (Å²) in [4.78, 5) is 15.2. The Bertz CT molecular complexity index is 933. The molecule has 3 heterocycles. The summed E-state index contributed by atoms with van der Waals surface area (Å²) in [5.41, 5.74) is 8.98. The van der Waals surface area contributed by atoms with Gasteiger partial charge in [-0.05, 0) is 38.5 Å². The number of hydrogen-bond acceptors (Lipinski definition) is 7. The van der Waals surface area contributed by atoms with Crippen LogP contribution in [-0.4, -0.2) is 51.6 Å². The summed E-state index contributed by atoms with van der Waals surface area (Å²) in [7, 11) is 0. The van der Waals surface area contributed by atoms with Crippen molar-refractivity contribution < 1.29 is 14.2 Å². The fourth-order valence-corrected chi connectivity index (χ4v) is 3.71. The minimum absolute atomic E-state index is 0.0457. The number of hydrogen-bond donors (Lipinski definition) is 2. The molecule has 1 fully saturated rings. The molecule has 1 saturated heterocycles. The summed E-state index contributed by atoms with van der Waals surface area (Å²) >= 11 is 0. The van der Waals surface area contributed by atoms with Crippen LogP contribution in [0, 0.1) is 5.82 Å². The largest absolute Gasteiger partial charge is 0.488 e. The first-order valence-electron chi connectivity index (χ1n) is 9.41. The van der Waals surface area contributed by atoms with Gasteiger partial charge < -0.3 is 20.5 Å². The monoisotopic (exact) mass is 385 g/mol. The van der Waals surface area contributed by atoms with E-state index in [1.54, 1.807) is 6.07 Å². The van der Waals surface area contributed by atoms with Gasteiger partial charge in [0.2, 0.25) is 0 Å². The van der Waals surface area contributed by atoms with Crippen LogP contribution in [0.1, 0.15) is 37.6 Å². The number of aliphatic imine (C=N–C) groups is 1. The zero-order chi connectivity index (χ0) is 20.0. The third-order valence-corrected chi connectivity index (χ3v) is 5.25. The lowest BCUT2D eigenvalue weighted by Crippen LogP contribution is -2.40. The van der Waals surface area contributed by atoms with Crippen molar-refractivity contribution in [1.82, 2.24) is 9.97 Å². The van der Waals surface area contributed by atoms with E-state index in [0.29, 0.717) is 30.3 Å². The van der Waals surface area contributed by atoms with Gasteiger partial charge in [0.1, 0.15) is 12.1 Å². The number of aliphatic hydroxyl groups excluding tert-OH is 1. The van der Waals surface area contributed by atoms with Gasteiger partial charge in [-0.3, -0.25) is 4.99 Å². The van der Waals surface area contributed by atoms with Gasteiger partial charge in [-0.1, -0.05) is 0 Å². The average Bonchev–Trinajstić information content (AvgIpc) is 3.17. The second kappa shape index (κ2) is 7.10. The average molecular weight is 385 g/mol. The van der Waals surface area contributed by atoms with Crippen molar-refractivity contribution in [2.24, 2.45) is 10.7 Å². The van der Waals surface area contributed by atoms with Crippen LogP contribution in [0.5, 0.6) is 5.75 Å². The molecule has 0 amide bonds. The summed E-state index contributed by atoms with van der Waals surface area (Å²) in [6.45, 7) is 6.48. The number of aromatic nitrogens is 2. The van der Waals surface area contributed by atoms with Gasteiger partial charge in [-0.25, -0.2) is 14.4 Å². The van der Waals surface area contributed by atoms with E-state index in [1.807, 2.05) is 31.7 Å². The normalized spacial score (nSPS) is 23.9. The molecule has 2 aliphatic rings. The Labute approximate surface area is 163 Å². The van der Waals surface area contributed by atoms with E-state index in [0.717, 1.165) is 11.1 Å².